The molecule has 0 radical (unpaired) electrons. The molecule has 1 aliphatic heterocycles. The number of carbonyl (C=O) groups excluding carboxylic acids is 1. The van der Waals surface area contributed by atoms with E-state index < -0.39 is 10.0 Å². The quantitative estimate of drug-likeness (QED) is 0.872. The molecule has 2 N–H and O–H groups in total. The number of hydrogen-bond donors (Lipinski definition) is 1. The van der Waals surface area contributed by atoms with Crippen molar-refractivity contribution in [1.82, 2.24) is 0 Å². The van der Waals surface area contributed by atoms with Gasteiger partial charge in [-0.2, -0.15) is 0 Å². The zero-order valence-electron chi connectivity index (χ0n) is 10.8. The highest BCUT2D eigenvalue weighted by atomic mass is 32.2. The van der Waals surface area contributed by atoms with E-state index in [9.17, 15) is 13.2 Å². The van der Waals surface area contributed by atoms with E-state index in [0.717, 1.165) is 6.42 Å². The maximum atomic E-state index is 11.7. The van der Waals surface area contributed by atoms with Crippen LogP contribution in [0.5, 0.6) is 5.75 Å². The van der Waals surface area contributed by atoms with Gasteiger partial charge in [0.1, 0.15) is 11.9 Å². The zero-order chi connectivity index (χ0) is 14.2. The summed E-state index contributed by atoms with van der Waals surface area (Å²) >= 11 is 0. The molecule has 0 saturated carbocycles. The first kappa shape index (κ1) is 13.8. The van der Waals surface area contributed by atoms with E-state index in [1.54, 1.807) is 0 Å². The molecule has 0 fully saturated rings. The number of carbonyl (C=O) groups is 1. The van der Waals surface area contributed by atoms with Crippen LogP contribution in [0.1, 0.15) is 20.3 Å². The van der Waals surface area contributed by atoms with Gasteiger partial charge in [0.2, 0.25) is 15.9 Å². The standard InChI is InChI=1S/C12H16N2O4S/c1-3-9-7-14(8(2)15)11-6-10(19(13,16)17)4-5-12(11)18-9/h4-6,9H,3,7H2,1-2H3,(H2,13,16,17). The second-order valence-electron chi connectivity index (χ2n) is 4.45. The molecule has 1 aliphatic rings. The summed E-state index contributed by atoms with van der Waals surface area (Å²) in [6.45, 7) is 3.81. The summed E-state index contributed by atoms with van der Waals surface area (Å²) in [5, 5.41) is 5.09. The molecule has 104 valence electrons. The van der Waals surface area contributed by atoms with Crippen LogP contribution in [0, 0.1) is 0 Å². The van der Waals surface area contributed by atoms with Crippen molar-refractivity contribution in [3.05, 3.63) is 18.2 Å². The Bertz CT molecular complexity index is 612. The summed E-state index contributed by atoms with van der Waals surface area (Å²) in [5.41, 5.74) is 0.448. The topological polar surface area (TPSA) is 89.7 Å². The summed E-state index contributed by atoms with van der Waals surface area (Å²) in [6.07, 6.45) is 0.678. The van der Waals surface area contributed by atoms with Crippen LogP contribution in [0.2, 0.25) is 0 Å². The molecule has 7 heteroatoms. The van der Waals surface area contributed by atoms with Gasteiger partial charge in [0, 0.05) is 6.92 Å². The highest BCUT2D eigenvalue weighted by Gasteiger charge is 2.28. The van der Waals surface area contributed by atoms with E-state index in [1.807, 2.05) is 6.92 Å². The van der Waals surface area contributed by atoms with Gasteiger partial charge in [-0.1, -0.05) is 6.92 Å². The van der Waals surface area contributed by atoms with Crippen molar-refractivity contribution in [2.24, 2.45) is 5.14 Å². The number of amides is 1. The summed E-state index contributed by atoms with van der Waals surface area (Å²) in [5.74, 6) is 0.343. The van der Waals surface area contributed by atoms with E-state index in [4.69, 9.17) is 9.88 Å². The molecule has 1 unspecified atom stereocenters. The van der Waals surface area contributed by atoms with E-state index in [-0.39, 0.29) is 16.9 Å². The number of hydrogen-bond acceptors (Lipinski definition) is 4. The SMILES string of the molecule is CCC1CN(C(C)=O)c2cc(S(N)(=O)=O)ccc2O1. The van der Waals surface area contributed by atoms with Crippen molar-refractivity contribution in [2.45, 2.75) is 31.3 Å². The third kappa shape index (κ3) is 2.71. The third-order valence-corrected chi connectivity index (χ3v) is 3.98. The van der Waals surface area contributed by atoms with Crippen LogP contribution in [0.25, 0.3) is 0 Å². The fourth-order valence-corrected chi connectivity index (χ4v) is 2.55. The number of fused-ring (bicyclic) bond motifs is 1. The first-order valence-corrected chi connectivity index (χ1v) is 7.49. The van der Waals surface area contributed by atoms with Crippen LogP contribution in [0.3, 0.4) is 0 Å². The Morgan fingerprint density at radius 1 is 1.53 bits per heavy atom. The van der Waals surface area contributed by atoms with Gasteiger partial charge in [0.15, 0.2) is 0 Å². The lowest BCUT2D eigenvalue weighted by Gasteiger charge is -2.34. The number of benzene rings is 1. The average Bonchev–Trinajstić information content (AvgIpc) is 2.35. The minimum absolute atomic E-state index is 0.0314. The Morgan fingerprint density at radius 3 is 2.74 bits per heavy atom. The second kappa shape index (κ2) is 4.82. The predicted molar refractivity (Wildman–Crippen MR) is 70.5 cm³/mol. The number of sulfonamides is 1. The lowest BCUT2D eigenvalue weighted by Crippen LogP contribution is -2.42. The summed E-state index contributed by atoms with van der Waals surface area (Å²) in [6, 6.07) is 4.29. The Labute approximate surface area is 112 Å². The number of nitrogens with two attached hydrogens (primary N) is 1. The van der Waals surface area contributed by atoms with Gasteiger partial charge in [-0.15, -0.1) is 0 Å². The fraction of sp³-hybridized carbons (Fsp3) is 0.417. The summed E-state index contributed by atoms with van der Waals surface area (Å²) in [7, 11) is -3.80. The first-order chi connectivity index (χ1) is 8.82. The lowest BCUT2D eigenvalue weighted by atomic mass is 10.1. The van der Waals surface area contributed by atoms with Crippen LogP contribution in [-0.2, 0) is 14.8 Å². The highest BCUT2D eigenvalue weighted by Crippen LogP contribution is 2.35. The van der Waals surface area contributed by atoms with Gasteiger partial charge in [-0.05, 0) is 24.6 Å². The highest BCUT2D eigenvalue weighted by molar-refractivity contribution is 7.89. The van der Waals surface area contributed by atoms with Gasteiger partial charge in [0.05, 0.1) is 17.1 Å². The van der Waals surface area contributed by atoms with Crippen molar-refractivity contribution in [3.63, 3.8) is 0 Å². The Balaban J connectivity index is 2.52. The normalized spacial score (nSPS) is 18.7. The minimum Gasteiger partial charge on any atom is -0.486 e. The van der Waals surface area contributed by atoms with E-state index >= 15 is 0 Å². The Kier molecular flexibility index (Phi) is 3.51. The molecule has 0 saturated heterocycles. The molecule has 1 atom stereocenters. The molecule has 0 aromatic heterocycles. The monoisotopic (exact) mass is 284 g/mol. The largest absolute Gasteiger partial charge is 0.486 e. The van der Waals surface area contributed by atoms with Crippen LogP contribution in [-0.4, -0.2) is 27.0 Å². The molecular formula is C12H16N2O4S. The van der Waals surface area contributed by atoms with Crippen molar-refractivity contribution in [2.75, 3.05) is 11.4 Å². The summed E-state index contributed by atoms with van der Waals surface area (Å²) < 4.78 is 28.4. The molecule has 1 heterocycles. The van der Waals surface area contributed by atoms with Gasteiger partial charge in [-0.3, -0.25) is 4.79 Å². The molecule has 2 rings (SSSR count). The Hall–Kier alpha value is -1.60. The third-order valence-electron chi connectivity index (χ3n) is 3.07. The Morgan fingerprint density at radius 2 is 2.21 bits per heavy atom. The molecule has 6 nitrogen and oxygen atoms in total. The van der Waals surface area contributed by atoms with Gasteiger partial charge < -0.3 is 9.64 Å². The molecular weight excluding hydrogens is 268 g/mol. The van der Waals surface area contributed by atoms with Crippen molar-refractivity contribution >= 4 is 21.6 Å². The smallest absolute Gasteiger partial charge is 0.238 e. The summed E-state index contributed by atoms with van der Waals surface area (Å²) in [4.78, 5) is 13.2. The molecule has 1 amide bonds. The van der Waals surface area contributed by atoms with Gasteiger partial charge in [0.25, 0.3) is 0 Å². The van der Waals surface area contributed by atoms with Crippen LogP contribution in [0.4, 0.5) is 5.69 Å². The number of ether oxygens (including phenoxy) is 1. The second-order valence-corrected chi connectivity index (χ2v) is 6.01. The average molecular weight is 284 g/mol. The molecule has 19 heavy (non-hydrogen) atoms. The van der Waals surface area contributed by atoms with Crippen molar-refractivity contribution in [3.8, 4) is 5.75 Å². The number of primary sulfonamides is 1. The minimum atomic E-state index is -3.80. The van der Waals surface area contributed by atoms with Crippen LogP contribution in [0.15, 0.2) is 23.1 Å². The van der Waals surface area contributed by atoms with Crippen LogP contribution >= 0.6 is 0 Å². The van der Waals surface area contributed by atoms with Gasteiger partial charge >= 0.3 is 0 Å². The number of rotatable bonds is 2. The molecule has 0 bridgehead atoms. The van der Waals surface area contributed by atoms with Crippen LogP contribution < -0.4 is 14.8 Å². The fourth-order valence-electron chi connectivity index (χ4n) is 2.01. The molecule has 0 aliphatic carbocycles. The van der Waals surface area contributed by atoms with E-state index in [0.29, 0.717) is 18.0 Å². The molecule has 1 aromatic carbocycles. The maximum Gasteiger partial charge on any atom is 0.238 e. The molecule has 1 aromatic rings. The predicted octanol–water partition coefficient (Wildman–Crippen LogP) is 0.858. The van der Waals surface area contributed by atoms with Crippen molar-refractivity contribution in [1.29, 1.82) is 0 Å². The number of anilines is 1. The lowest BCUT2D eigenvalue weighted by molar-refractivity contribution is -0.117. The van der Waals surface area contributed by atoms with Gasteiger partial charge in [-0.25, -0.2) is 13.6 Å². The van der Waals surface area contributed by atoms with E-state index in [1.165, 1.54) is 30.0 Å². The number of nitrogens with zero attached hydrogens (tertiary/aromatic N) is 1. The zero-order valence-corrected chi connectivity index (χ0v) is 11.6. The first-order valence-electron chi connectivity index (χ1n) is 5.94. The van der Waals surface area contributed by atoms with E-state index in [2.05, 4.69) is 0 Å². The van der Waals surface area contributed by atoms with Crippen molar-refractivity contribution < 1.29 is 17.9 Å². The maximum absolute atomic E-state index is 11.7. The molecule has 0 spiro atoms.